The number of ether oxygens (including phenoxy) is 1. The second-order valence-electron chi connectivity index (χ2n) is 10.00. The lowest BCUT2D eigenvalue weighted by Crippen LogP contribution is -2.45. The van der Waals surface area contributed by atoms with Crippen LogP contribution < -0.4 is 0 Å². The van der Waals surface area contributed by atoms with Crippen LogP contribution in [-0.2, 0) is 15.3 Å². The lowest BCUT2D eigenvalue weighted by atomic mass is 9.75. The number of nitrogens with zero attached hydrogens (tertiary/aromatic N) is 3. The Kier molecular flexibility index (Phi) is 7.34. The van der Waals surface area contributed by atoms with Gasteiger partial charge in [0.1, 0.15) is 0 Å². The molecule has 184 valence electrons. The van der Waals surface area contributed by atoms with Gasteiger partial charge in [-0.2, -0.15) is 10.2 Å². The molecular weight excluding hydrogens is 450 g/mol. The smallest absolute Gasteiger partial charge is 0.409 e. The third kappa shape index (κ3) is 5.64. The molecule has 0 aromatic heterocycles. The van der Waals surface area contributed by atoms with Crippen LogP contribution in [-0.4, -0.2) is 67.0 Å². The predicted molar refractivity (Wildman–Crippen MR) is 134 cm³/mol. The van der Waals surface area contributed by atoms with Gasteiger partial charge in [-0.3, -0.25) is 4.79 Å². The molecular formula is C26H35N3O4S. The first-order chi connectivity index (χ1) is 16.3. The van der Waals surface area contributed by atoms with Crippen molar-refractivity contribution < 1.29 is 18.5 Å². The third-order valence-electron chi connectivity index (χ3n) is 7.21. The number of amides is 1. The zero-order chi connectivity index (χ0) is 24.2. The molecule has 1 spiro atoms. The van der Waals surface area contributed by atoms with Gasteiger partial charge >= 0.3 is 6.09 Å². The lowest BCUT2D eigenvalue weighted by molar-refractivity contribution is 0.0541. The van der Waals surface area contributed by atoms with E-state index in [9.17, 15) is 9.59 Å². The maximum absolute atomic E-state index is 13.0. The molecule has 1 fully saturated rings. The molecule has 2 aliphatic heterocycles. The molecule has 7 nitrogen and oxygen atoms in total. The fourth-order valence-corrected chi connectivity index (χ4v) is 6.43. The Balaban J connectivity index is 1.12. The van der Waals surface area contributed by atoms with Crippen molar-refractivity contribution in [3.8, 4) is 12.3 Å². The Hall–Kier alpha value is -2.37. The van der Waals surface area contributed by atoms with Crippen molar-refractivity contribution in [2.24, 2.45) is 15.6 Å². The summed E-state index contributed by atoms with van der Waals surface area (Å²) in [5.41, 5.74) is 1.34. The summed E-state index contributed by atoms with van der Waals surface area (Å²) in [6.45, 7) is 2.12. The Morgan fingerprint density at radius 1 is 1.18 bits per heavy atom. The predicted octanol–water partition coefficient (Wildman–Crippen LogP) is 5.00. The van der Waals surface area contributed by atoms with E-state index in [4.69, 9.17) is 15.3 Å². The summed E-state index contributed by atoms with van der Waals surface area (Å²) in [7, 11) is -1.23. The van der Waals surface area contributed by atoms with Gasteiger partial charge in [0.2, 0.25) is 0 Å². The first kappa shape index (κ1) is 24.7. The molecule has 2 heterocycles. The summed E-state index contributed by atoms with van der Waals surface area (Å²) >= 11 is 0. The summed E-state index contributed by atoms with van der Waals surface area (Å²) in [4.78, 5) is 27.3. The number of carbonyl (C=O) groups excluding carboxylic acids is 2. The van der Waals surface area contributed by atoms with E-state index in [1.807, 2.05) is 24.3 Å². The Bertz CT molecular complexity index is 986. The minimum atomic E-state index is -1.23. The van der Waals surface area contributed by atoms with E-state index < -0.39 is 10.3 Å². The SMILES string of the molecule is C#CCCC1(CCOS(C)(C)CCCOC(=O)N2CCC3(CC2)Cc2ccccc2C3=O)N=N1. The molecule has 3 aliphatic rings. The van der Waals surface area contributed by atoms with Gasteiger partial charge in [0.15, 0.2) is 11.4 Å². The van der Waals surface area contributed by atoms with E-state index in [0.717, 1.165) is 42.6 Å². The first-order valence-electron chi connectivity index (χ1n) is 12.1. The fourth-order valence-electron chi connectivity index (χ4n) is 4.96. The molecule has 0 radical (unpaired) electrons. The highest BCUT2D eigenvalue weighted by atomic mass is 32.3. The zero-order valence-corrected chi connectivity index (χ0v) is 21.1. The van der Waals surface area contributed by atoms with Crippen LogP contribution in [0.2, 0.25) is 0 Å². The topological polar surface area (TPSA) is 80.6 Å². The number of Topliss-reactive ketones (excluding diaryl/α,β-unsaturated/α-hetero) is 1. The van der Waals surface area contributed by atoms with E-state index in [1.165, 1.54) is 0 Å². The monoisotopic (exact) mass is 485 g/mol. The Morgan fingerprint density at radius 2 is 1.91 bits per heavy atom. The summed E-state index contributed by atoms with van der Waals surface area (Å²) in [5, 5.41) is 8.29. The van der Waals surface area contributed by atoms with Crippen LogP contribution >= 0.6 is 10.3 Å². The number of benzene rings is 1. The number of piperidine rings is 1. The molecule has 1 amide bonds. The van der Waals surface area contributed by atoms with Crippen LogP contribution in [0.4, 0.5) is 4.79 Å². The minimum absolute atomic E-state index is 0.243. The van der Waals surface area contributed by atoms with E-state index in [-0.39, 0.29) is 23.0 Å². The molecule has 4 rings (SSSR count). The molecule has 0 saturated carbocycles. The van der Waals surface area contributed by atoms with Gasteiger partial charge in [-0.15, -0.1) is 22.7 Å². The van der Waals surface area contributed by atoms with Crippen LogP contribution in [0.1, 0.15) is 54.4 Å². The Labute approximate surface area is 204 Å². The number of carbonyl (C=O) groups is 2. The number of hydrogen-bond acceptors (Lipinski definition) is 6. The van der Waals surface area contributed by atoms with Crippen LogP contribution in [0.3, 0.4) is 0 Å². The molecule has 34 heavy (non-hydrogen) atoms. The highest BCUT2D eigenvalue weighted by molar-refractivity contribution is 8.28. The summed E-state index contributed by atoms with van der Waals surface area (Å²) in [6.07, 6.45) is 14.5. The minimum Gasteiger partial charge on any atom is -0.449 e. The first-order valence-corrected chi connectivity index (χ1v) is 14.6. The molecule has 1 aromatic rings. The third-order valence-corrected chi connectivity index (χ3v) is 9.29. The van der Waals surface area contributed by atoms with Crippen LogP contribution in [0, 0.1) is 17.8 Å². The van der Waals surface area contributed by atoms with E-state index in [1.54, 1.807) is 4.90 Å². The van der Waals surface area contributed by atoms with Crippen molar-refractivity contribution in [1.29, 1.82) is 0 Å². The maximum Gasteiger partial charge on any atom is 0.409 e. The highest BCUT2D eigenvalue weighted by Gasteiger charge is 2.47. The quantitative estimate of drug-likeness (QED) is 0.345. The van der Waals surface area contributed by atoms with Gasteiger partial charge in [0.25, 0.3) is 0 Å². The average molecular weight is 486 g/mol. The number of likely N-dealkylation sites (tertiary alicyclic amines) is 1. The summed E-state index contributed by atoms with van der Waals surface area (Å²) in [5.74, 6) is 3.75. The standard InChI is InChI=1S/C26H35N3O4S/c1-4-5-11-26(27-28-26)14-18-33-34(2,3)19-8-17-32-24(31)29-15-12-25(13-16-29)20-21-9-6-7-10-22(21)23(25)30/h1,6-7,9-10H,5,8,11-20H2,2-3H3. The number of hydrogen-bond donors (Lipinski definition) is 0. The van der Waals surface area contributed by atoms with Crippen LogP contribution in [0.5, 0.6) is 0 Å². The van der Waals surface area contributed by atoms with Crippen molar-refractivity contribution in [3.05, 3.63) is 35.4 Å². The van der Waals surface area contributed by atoms with Crippen LogP contribution in [0.15, 0.2) is 34.5 Å². The number of rotatable bonds is 10. The van der Waals surface area contributed by atoms with E-state index in [2.05, 4.69) is 28.7 Å². The largest absolute Gasteiger partial charge is 0.449 e. The van der Waals surface area contributed by atoms with Crippen molar-refractivity contribution in [1.82, 2.24) is 4.90 Å². The second kappa shape index (κ2) is 10.1. The average Bonchev–Trinajstić information content (AvgIpc) is 3.54. The van der Waals surface area contributed by atoms with Crippen molar-refractivity contribution in [2.45, 2.75) is 50.6 Å². The zero-order valence-electron chi connectivity index (χ0n) is 20.3. The molecule has 0 bridgehead atoms. The van der Waals surface area contributed by atoms with Gasteiger partial charge in [0, 0.05) is 49.1 Å². The van der Waals surface area contributed by atoms with E-state index >= 15 is 0 Å². The normalized spacial score (nSPS) is 20.1. The second-order valence-corrected chi connectivity index (χ2v) is 13.5. The van der Waals surface area contributed by atoms with Gasteiger partial charge in [0.05, 0.1) is 13.2 Å². The molecule has 0 unspecified atom stereocenters. The van der Waals surface area contributed by atoms with Gasteiger partial charge < -0.3 is 13.8 Å². The lowest BCUT2D eigenvalue weighted by Gasteiger charge is -2.37. The molecule has 0 atom stereocenters. The van der Waals surface area contributed by atoms with Crippen molar-refractivity contribution >= 4 is 22.2 Å². The molecule has 1 aliphatic carbocycles. The van der Waals surface area contributed by atoms with Gasteiger partial charge in [-0.05, 0) is 43.8 Å². The Morgan fingerprint density at radius 3 is 2.59 bits per heavy atom. The molecule has 1 aromatic carbocycles. The van der Waals surface area contributed by atoms with Crippen molar-refractivity contribution in [3.63, 3.8) is 0 Å². The van der Waals surface area contributed by atoms with Gasteiger partial charge in [-0.25, -0.2) is 4.79 Å². The number of terminal acetylenes is 1. The van der Waals surface area contributed by atoms with Crippen molar-refractivity contribution in [2.75, 3.05) is 44.6 Å². The molecule has 1 saturated heterocycles. The highest BCUT2D eigenvalue weighted by Crippen LogP contribution is 2.45. The number of ketones is 1. The van der Waals surface area contributed by atoms with E-state index in [0.29, 0.717) is 45.6 Å². The van der Waals surface area contributed by atoms with Gasteiger partial charge in [-0.1, -0.05) is 24.3 Å². The fraction of sp³-hybridized carbons (Fsp3) is 0.615. The number of fused-ring (bicyclic) bond motifs is 1. The molecule has 8 heteroatoms. The van der Waals surface area contributed by atoms with Crippen LogP contribution in [0.25, 0.3) is 0 Å². The maximum atomic E-state index is 13.0. The molecule has 0 N–H and O–H groups in total. The summed E-state index contributed by atoms with van der Waals surface area (Å²) in [6, 6.07) is 7.88. The summed E-state index contributed by atoms with van der Waals surface area (Å²) < 4.78 is 11.7.